The SMILES string of the molecule is CC(=O)Oc1c2c(c(OC(C)=O)c3c1[nH]c1ccccc13)Cc1ccccc1-2. The Labute approximate surface area is 160 Å². The lowest BCUT2D eigenvalue weighted by atomic mass is 9.99. The number of para-hydroxylation sites is 1. The number of aromatic nitrogens is 1. The van der Waals surface area contributed by atoms with Crippen LogP contribution in [-0.4, -0.2) is 16.9 Å². The van der Waals surface area contributed by atoms with Crippen molar-refractivity contribution in [2.75, 3.05) is 0 Å². The summed E-state index contributed by atoms with van der Waals surface area (Å²) >= 11 is 0. The molecule has 1 aliphatic carbocycles. The van der Waals surface area contributed by atoms with Crippen LogP contribution in [0.1, 0.15) is 25.0 Å². The summed E-state index contributed by atoms with van der Waals surface area (Å²) in [6.45, 7) is 2.79. The number of esters is 2. The number of hydrogen-bond donors (Lipinski definition) is 1. The van der Waals surface area contributed by atoms with Crippen molar-refractivity contribution in [1.82, 2.24) is 4.98 Å². The van der Waals surface area contributed by atoms with Gasteiger partial charge in [0.15, 0.2) is 5.75 Å². The zero-order chi connectivity index (χ0) is 19.4. The van der Waals surface area contributed by atoms with Crippen LogP contribution in [0.15, 0.2) is 48.5 Å². The molecule has 1 aromatic heterocycles. The molecule has 5 rings (SSSR count). The average molecular weight is 371 g/mol. The summed E-state index contributed by atoms with van der Waals surface area (Å²) in [4.78, 5) is 27.2. The van der Waals surface area contributed by atoms with Crippen molar-refractivity contribution in [2.24, 2.45) is 0 Å². The second kappa shape index (κ2) is 5.96. The van der Waals surface area contributed by atoms with Gasteiger partial charge in [0, 0.05) is 42.3 Å². The van der Waals surface area contributed by atoms with Crippen LogP contribution >= 0.6 is 0 Å². The van der Waals surface area contributed by atoms with Crippen molar-refractivity contribution >= 4 is 33.7 Å². The number of carbonyl (C=O) groups is 2. The van der Waals surface area contributed by atoms with Crippen LogP contribution < -0.4 is 9.47 Å². The molecular weight excluding hydrogens is 354 g/mol. The van der Waals surface area contributed by atoms with Crippen molar-refractivity contribution < 1.29 is 19.1 Å². The minimum Gasteiger partial charge on any atom is -0.426 e. The fourth-order valence-corrected chi connectivity index (χ4v) is 4.14. The molecule has 0 amide bonds. The summed E-state index contributed by atoms with van der Waals surface area (Å²) in [7, 11) is 0. The molecule has 0 bridgehead atoms. The molecule has 5 nitrogen and oxygen atoms in total. The van der Waals surface area contributed by atoms with E-state index in [-0.39, 0.29) is 5.97 Å². The summed E-state index contributed by atoms with van der Waals surface area (Å²) in [5, 5.41) is 1.68. The number of benzene rings is 3. The van der Waals surface area contributed by atoms with Gasteiger partial charge >= 0.3 is 11.9 Å². The van der Waals surface area contributed by atoms with Crippen LogP contribution in [0.2, 0.25) is 0 Å². The van der Waals surface area contributed by atoms with Gasteiger partial charge in [-0.1, -0.05) is 42.5 Å². The van der Waals surface area contributed by atoms with E-state index in [2.05, 4.69) is 4.98 Å². The minimum absolute atomic E-state index is 0.384. The zero-order valence-electron chi connectivity index (χ0n) is 15.5. The maximum Gasteiger partial charge on any atom is 0.308 e. The highest BCUT2D eigenvalue weighted by molar-refractivity contribution is 6.16. The van der Waals surface area contributed by atoms with Crippen LogP contribution in [0.5, 0.6) is 11.5 Å². The third kappa shape index (κ3) is 2.33. The van der Waals surface area contributed by atoms with E-state index in [1.54, 1.807) is 0 Å². The van der Waals surface area contributed by atoms with E-state index < -0.39 is 5.97 Å². The standard InChI is InChI=1S/C23H17NO4/c1-12(25)27-22-17-11-14-7-3-4-8-15(14)19(17)23(28-13(2)26)21-20(22)16-9-5-6-10-18(16)24-21/h3-10,24H,11H2,1-2H3. The van der Waals surface area contributed by atoms with Crippen molar-refractivity contribution in [1.29, 1.82) is 0 Å². The molecule has 0 spiro atoms. The highest BCUT2D eigenvalue weighted by atomic mass is 16.5. The molecule has 0 saturated carbocycles. The van der Waals surface area contributed by atoms with Crippen molar-refractivity contribution in [3.05, 3.63) is 59.7 Å². The van der Waals surface area contributed by atoms with E-state index in [0.717, 1.165) is 38.5 Å². The van der Waals surface area contributed by atoms with Crippen LogP contribution in [0.3, 0.4) is 0 Å². The first-order valence-corrected chi connectivity index (χ1v) is 9.09. The predicted octanol–water partition coefficient (Wildman–Crippen LogP) is 4.74. The number of nitrogens with one attached hydrogen (secondary N) is 1. The van der Waals surface area contributed by atoms with E-state index in [4.69, 9.17) is 9.47 Å². The molecule has 0 atom stereocenters. The summed E-state index contributed by atoms with van der Waals surface area (Å²) in [6, 6.07) is 15.7. The number of aromatic amines is 1. The van der Waals surface area contributed by atoms with Gasteiger partial charge < -0.3 is 14.5 Å². The first kappa shape index (κ1) is 16.6. The lowest BCUT2D eigenvalue weighted by Gasteiger charge is -2.15. The Kier molecular flexibility index (Phi) is 3.52. The summed E-state index contributed by atoms with van der Waals surface area (Å²) in [5.41, 5.74) is 5.31. The highest BCUT2D eigenvalue weighted by Gasteiger charge is 2.32. The molecule has 0 fully saturated rings. The molecule has 138 valence electrons. The molecule has 0 radical (unpaired) electrons. The van der Waals surface area contributed by atoms with Gasteiger partial charge in [0.05, 0.1) is 10.9 Å². The van der Waals surface area contributed by atoms with Gasteiger partial charge in [-0.05, 0) is 17.2 Å². The lowest BCUT2D eigenvalue weighted by molar-refractivity contribution is -0.132. The van der Waals surface area contributed by atoms with Crippen LogP contribution in [0.25, 0.3) is 32.9 Å². The van der Waals surface area contributed by atoms with Gasteiger partial charge in [0.2, 0.25) is 0 Å². The van der Waals surface area contributed by atoms with Crippen LogP contribution in [0, 0.1) is 0 Å². The maximum atomic E-state index is 11.9. The normalized spacial score (nSPS) is 12.1. The summed E-state index contributed by atoms with van der Waals surface area (Å²) in [6.07, 6.45) is 0.609. The molecule has 0 saturated heterocycles. The second-order valence-electron chi connectivity index (χ2n) is 6.95. The smallest absolute Gasteiger partial charge is 0.308 e. The number of fused-ring (bicyclic) bond motifs is 6. The third-order valence-corrected chi connectivity index (χ3v) is 5.11. The zero-order valence-corrected chi connectivity index (χ0v) is 15.5. The minimum atomic E-state index is -0.397. The Morgan fingerprint density at radius 3 is 2.36 bits per heavy atom. The van der Waals surface area contributed by atoms with E-state index in [9.17, 15) is 9.59 Å². The Balaban J connectivity index is 1.98. The largest absolute Gasteiger partial charge is 0.426 e. The Morgan fingerprint density at radius 1 is 0.893 bits per heavy atom. The molecular formula is C23H17NO4. The number of ether oxygens (including phenoxy) is 2. The lowest BCUT2D eigenvalue weighted by Crippen LogP contribution is -2.07. The van der Waals surface area contributed by atoms with Gasteiger partial charge in [-0.2, -0.15) is 0 Å². The van der Waals surface area contributed by atoms with E-state index >= 15 is 0 Å². The first-order chi connectivity index (χ1) is 13.5. The van der Waals surface area contributed by atoms with Crippen LogP contribution in [0.4, 0.5) is 0 Å². The Morgan fingerprint density at radius 2 is 1.57 bits per heavy atom. The molecule has 28 heavy (non-hydrogen) atoms. The first-order valence-electron chi connectivity index (χ1n) is 9.09. The molecule has 0 unspecified atom stereocenters. The second-order valence-corrected chi connectivity index (χ2v) is 6.95. The monoisotopic (exact) mass is 371 g/mol. The Hall–Kier alpha value is -3.60. The van der Waals surface area contributed by atoms with E-state index in [1.807, 2.05) is 48.5 Å². The Bertz CT molecular complexity index is 1300. The van der Waals surface area contributed by atoms with Gasteiger partial charge in [0.1, 0.15) is 5.75 Å². The number of carbonyl (C=O) groups excluding carboxylic acids is 2. The summed E-state index contributed by atoms with van der Waals surface area (Å²) in [5.74, 6) is 0.230. The molecule has 5 heteroatoms. The average Bonchev–Trinajstić information content (AvgIpc) is 3.23. The molecule has 1 aliphatic rings. The fraction of sp³-hybridized carbons (Fsp3) is 0.130. The highest BCUT2D eigenvalue weighted by Crippen LogP contribution is 2.53. The van der Waals surface area contributed by atoms with E-state index in [0.29, 0.717) is 23.4 Å². The van der Waals surface area contributed by atoms with Gasteiger partial charge in [0.25, 0.3) is 0 Å². The van der Waals surface area contributed by atoms with Gasteiger partial charge in [-0.15, -0.1) is 0 Å². The van der Waals surface area contributed by atoms with E-state index in [1.165, 1.54) is 13.8 Å². The molecule has 3 aromatic carbocycles. The maximum absolute atomic E-state index is 11.9. The van der Waals surface area contributed by atoms with Crippen molar-refractivity contribution in [3.8, 4) is 22.6 Å². The number of H-pyrrole nitrogens is 1. The number of hydrogen-bond acceptors (Lipinski definition) is 4. The summed E-state index contributed by atoms with van der Waals surface area (Å²) < 4.78 is 11.4. The van der Waals surface area contributed by atoms with Crippen molar-refractivity contribution in [3.63, 3.8) is 0 Å². The van der Waals surface area contributed by atoms with Crippen molar-refractivity contribution in [2.45, 2.75) is 20.3 Å². The number of rotatable bonds is 2. The predicted molar refractivity (Wildman–Crippen MR) is 107 cm³/mol. The molecule has 0 aliphatic heterocycles. The van der Waals surface area contributed by atoms with Crippen LogP contribution in [-0.2, 0) is 16.0 Å². The fourth-order valence-electron chi connectivity index (χ4n) is 4.14. The van der Waals surface area contributed by atoms with Gasteiger partial charge in [-0.25, -0.2) is 0 Å². The molecule has 4 aromatic rings. The molecule has 1 N–H and O–H groups in total. The topological polar surface area (TPSA) is 68.4 Å². The third-order valence-electron chi connectivity index (χ3n) is 5.11. The molecule has 1 heterocycles. The quantitative estimate of drug-likeness (QED) is 0.359. The van der Waals surface area contributed by atoms with Gasteiger partial charge in [-0.3, -0.25) is 9.59 Å².